The molecule has 0 aliphatic rings. The van der Waals surface area contributed by atoms with E-state index in [2.05, 4.69) is 25.9 Å². The quantitative estimate of drug-likeness (QED) is 0.339. The topological polar surface area (TPSA) is 128 Å². The zero-order chi connectivity index (χ0) is 10.5. The molecule has 0 radical (unpaired) electrons. The average molecular weight is 233 g/mol. The standard InChI is InChI=1S/C3H9NO7P2/c1-2-3-9-13(8,10-4)11-12(5,6)7/h2H,1,3-4H2,(H2,5,6,7). The van der Waals surface area contributed by atoms with Gasteiger partial charge in [0.1, 0.15) is 0 Å². The van der Waals surface area contributed by atoms with Gasteiger partial charge >= 0.3 is 15.6 Å². The molecule has 13 heavy (non-hydrogen) atoms. The van der Waals surface area contributed by atoms with Gasteiger partial charge in [0.05, 0.1) is 6.61 Å². The van der Waals surface area contributed by atoms with Crippen molar-refractivity contribution in [2.45, 2.75) is 0 Å². The molecule has 0 bridgehead atoms. The molecule has 0 rings (SSSR count). The van der Waals surface area contributed by atoms with Crippen LogP contribution in [0.3, 0.4) is 0 Å². The fraction of sp³-hybridized carbons (Fsp3) is 0.333. The highest BCUT2D eigenvalue weighted by atomic mass is 31.3. The molecule has 0 saturated heterocycles. The van der Waals surface area contributed by atoms with Crippen LogP contribution in [0.1, 0.15) is 0 Å². The normalized spacial score (nSPS) is 16.5. The summed E-state index contributed by atoms with van der Waals surface area (Å²) in [4.78, 5) is 16.5. The van der Waals surface area contributed by atoms with Crippen LogP contribution in [0.4, 0.5) is 0 Å². The first-order valence-electron chi connectivity index (χ1n) is 2.84. The van der Waals surface area contributed by atoms with Crippen LogP contribution in [0, 0.1) is 0 Å². The second kappa shape index (κ2) is 4.99. The Hall–Kier alpha value is -0.0400. The first-order chi connectivity index (χ1) is 5.83. The minimum atomic E-state index is -4.97. The third-order valence-electron chi connectivity index (χ3n) is 0.686. The van der Waals surface area contributed by atoms with Gasteiger partial charge in [-0.05, 0) is 0 Å². The van der Waals surface area contributed by atoms with Crippen LogP contribution < -0.4 is 5.90 Å². The van der Waals surface area contributed by atoms with E-state index in [0.717, 1.165) is 0 Å². The summed E-state index contributed by atoms with van der Waals surface area (Å²) in [5, 5.41) is 0. The van der Waals surface area contributed by atoms with Crippen molar-refractivity contribution in [1.82, 2.24) is 0 Å². The molecule has 0 heterocycles. The molecule has 8 nitrogen and oxygen atoms in total. The van der Waals surface area contributed by atoms with E-state index in [-0.39, 0.29) is 6.61 Å². The van der Waals surface area contributed by atoms with Crippen molar-refractivity contribution >= 4 is 15.6 Å². The number of nitrogens with two attached hydrogens (primary N) is 1. The van der Waals surface area contributed by atoms with Gasteiger partial charge in [-0.15, -0.1) is 6.58 Å². The molecule has 0 aromatic rings. The van der Waals surface area contributed by atoms with Crippen molar-refractivity contribution in [1.29, 1.82) is 0 Å². The summed E-state index contributed by atoms with van der Waals surface area (Å²) in [7, 11) is -9.37. The number of phosphoric acid groups is 2. The molecule has 0 aromatic carbocycles. The van der Waals surface area contributed by atoms with Crippen LogP contribution in [0.5, 0.6) is 0 Å². The summed E-state index contributed by atoms with van der Waals surface area (Å²) in [5.41, 5.74) is 0. The van der Waals surface area contributed by atoms with Gasteiger partial charge in [-0.25, -0.2) is 19.7 Å². The zero-order valence-corrected chi connectivity index (χ0v) is 8.19. The number of hydrogen-bond acceptors (Lipinski definition) is 6. The molecular weight excluding hydrogens is 224 g/mol. The summed E-state index contributed by atoms with van der Waals surface area (Å²) in [6.07, 6.45) is 1.18. The molecule has 0 saturated carbocycles. The van der Waals surface area contributed by atoms with Crippen LogP contribution in [-0.4, -0.2) is 16.4 Å². The highest BCUT2D eigenvalue weighted by Gasteiger charge is 2.35. The molecule has 0 amide bonds. The van der Waals surface area contributed by atoms with Gasteiger partial charge in [-0.2, -0.15) is 4.31 Å². The smallest absolute Gasteiger partial charge is 0.302 e. The van der Waals surface area contributed by atoms with E-state index < -0.39 is 15.6 Å². The Kier molecular flexibility index (Phi) is 4.98. The van der Waals surface area contributed by atoms with E-state index >= 15 is 0 Å². The maximum Gasteiger partial charge on any atom is 0.500 e. The third kappa shape index (κ3) is 6.09. The van der Waals surface area contributed by atoms with Crippen LogP contribution in [0.15, 0.2) is 12.7 Å². The van der Waals surface area contributed by atoms with Gasteiger partial charge in [0.25, 0.3) is 0 Å². The largest absolute Gasteiger partial charge is 0.500 e. The molecule has 0 aromatic heterocycles. The Labute approximate surface area is 74.1 Å². The van der Waals surface area contributed by atoms with Gasteiger partial charge < -0.3 is 9.79 Å². The average Bonchev–Trinajstić information content (AvgIpc) is 1.98. The fourth-order valence-electron chi connectivity index (χ4n) is 0.348. The lowest BCUT2D eigenvalue weighted by Crippen LogP contribution is -2.03. The molecule has 0 fully saturated rings. The Balaban J connectivity index is 4.37. The van der Waals surface area contributed by atoms with Crippen molar-refractivity contribution in [3.8, 4) is 0 Å². The van der Waals surface area contributed by atoms with Gasteiger partial charge in [0.2, 0.25) is 0 Å². The SMILES string of the molecule is C=CCOP(=O)(ON)OP(=O)(O)O. The maximum absolute atomic E-state index is 11.0. The molecule has 78 valence electrons. The van der Waals surface area contributed by atoms with Crippen molar-refractivity contribution in [3.05, 3.63) is 12.7 Å². The number of rotatable bonds is 6. The van der Waals surface area contributed by atoms with Gasteiger partial charge in [-0.3, -0.25) is 4.52 Å². The van der Waals surface area contributed by atoms with Gasteiger partial charge in [-0.1, -0.05) is 6.08 Å². The Morgan fingerprint density at radius 1 is 1.46 bits per heavy atom. The molecule has 1 unspecified atom stereocenters. The Bertz CT molecular complexity index is 258. The lowest BCUT2D eigenvalue weighted by molar-refractivity contribution is 0.151. The molecule has 0 aliphatic heterocycles. The van der Waals surface area contributed by atoms with Crippen molar-refractivity contribution < 1.29 is 32.4 Å². The van der Waals surface area contributed by atoms with Gasteiger partial charge in [0, 0.05) is 0 Å². The van der Waals surface area contributed by atoms with E-state index in [4.69, 9.17) is 9.79 Å². The summed E-state index contributed by atoms with van der Waals surface area (Å²) in [6, 6.07) is 0. The minimum absolute atomic E-state index is 0.283. The first kappa shape index (κ1) is 13.0. The van der Waals surface area contributed by atoms with E-state index in [0.29, 0.717) is 0 Å². The summed E-state index contributed by atoms with van der Waals surface area (Å²) in [5.74, 6) is 4.46. The summed E-state index contributed by atoms with van der Waals surface area (Å²) < 4.78 is 32.9. The monoisotopic (exact) mass is 233 g/mol. The minimum Gasteiger partial charge on any atom is -0.302 e. The second-order valence-corrected chi connectivity index (χ2v) is 4.71. The van der Waals surface area contributed by atoms with Gasteiger partial charge in [0.15, 0.2) is 0 Å². The molecule has 1 atom stereocenters. The Morgan fingerprint density at radius 3 is 2.31 bits per heavy atom. The molecule has 4 N–H and O–H groups in total. The van der Waals surface area contributed by atoms with E-state index in [1.165, 1.54) is 6.08 Å². The first-order valence-corrected chi connectivity index (χ1v) is 5.83. The Morgan fingerprint density at radius 2 is 2.00 bits per heavy atom. The third-order valence-corrected chi connectivity index (χ3v) is 3.06. The molecule has 0 spiro atoms. The van der Waals surface area contributed by atoms with Crippen LogP contribution in [-0.2, 0) is 22.6 Å². The highest BCUT2D eigenvalue weighted by molar-refractivity contribution is 7.61. The predicted octanol–water partition coefficient (Wildman–Crippen LogP) is 0.297. The van der Waals surface area contributed by atoms with E-state index in [1.807, 2.05) is 0 Å². The van der Waals surface area contributed by atoms with Crippen LogP contribution >= 0.6 is 15.6 Å². The molecule has 0 aliphatic carbocycles. The number of hydrogen-bond donors (Lipinski definition) is 3. The van der Waals surface area contributed by atoms with Crippen molar-refractivity contribution in [2.24, 2.45) is 5.90 Å². The lowest BCUT2D eigenvalue weighted by Gasteiger charge is -2.13. The summed E-state index contributed by atoms with van der Waals surface area (Å²) >= 11 is 0. The van der Waals surface area contributed by atoms with Crippen molar-refractivity contribution in [3.63, 3.8) is 0 Å². The summed E-state index contributed by atoms with van der Waals surface area (Å²) in [6.45, 7) is 2.92. The van der Waals surface area contributed by atoms with E-state index in [1.54, 1.807) is 0 Å². The van der Waals surface area contributed by atoms with Crippen LogP contribution in [0.25, 0.3) is 0 Å². The predicted molar refractivity (Wildman–Crippen MR) is 42.2 cm³/mol. The van der Waals surface area contributed by atoms with E-state index in [9.17, 15) is 9.13 Å². The van der Waals surface area contributed by atoms with Crippen molar-refractivity contribution in [2.75, 3.05) is 6.61 Å². The van der Waals surface area contributed by atoms with Crippen LogP contribution in [0.2, 0.25) is 0 Å². The molecular formula is C3H9NO7P2. The molecule has 10 heteroatoms. The zero-order valence-electron chi connectivity index (χ0n) is 6.40. The lowest BCUT2D eigenvalue weighted by atomic mass is 10.7. The second-order valence-electron chi connectivity index (χ2n) is 1.71. The fourth-order valence-corrected chi connectivity index (χ4v) is 2.08. The highest BCUT2D eigenvalue weighted by Crippen LogP contribution is 2.59. The maximum atomic E-state index is 11.0.